The summed E-state index contributed by atoms with van der Waals surface area (Å²) >= 11 is 5.66. The number of nitrogens with one attached hydrogen (secondary N) is 2. The summed E-state index contributed by atoms with van der Waals surface area (Å²) in [6, 6.07) is 7.64. The van der Waals surface area contributed by atoms with E-state index in [0.29, 0.717) is 11.6 Å². The van der Waals surface area contributed by atoms with Crippen molar-refractivity contribution in [2.45, 2.75) is 51.5 Å². The number of hydrogen-bond donors (Lipinski definition) is 2. The summed E-state index contributed by atoms with van der Waals surface area (Å²) in [4.78, 5) is 33.4. The molecule has 0 saturated heterocycles. The highest BCUT2D eigenvalue weighted by atomic mass is 35.5. The highest BCUT2D eigenvalue weighted by Crippen LogP contribution is 2.19. The monoisotopic (exact) mass is 414 g/mol. The zero-order valence-corrected chi connectivity index (χ0v) is 17.6. The molecule has 0 spiro atoms. The van der Waals surface area contributed by atoms with E-state index in [0.717, 1.165) is 42.6 Å². The van der Waals surface area contributed by atoms with Gasteiger partial charge in [0.15, 0.2) is 0 Å². The van der Waals surface area contributed by atoms with E-state index in [1.807, 2.05) is 24.3 Å². The number of hydrogen-bond acceptors (Lipinski definition) is 4. The van der Waals surface area contributed by atoms with Gasteiger partial charge in [0, 0.05) is 6.54 Å². The van der Waals surface area contributed by atoms with E-state index in [1.54, 1.807) is 0 Å². The molecule has 2 aromatic rings. The summed E-state index contributed by atoms with van der Waals surface area (Å²) < 4.78 is 0. The fraction of sp³-hybridized carbons (Fsp3) is 0.455. The number of nitrogens with zero attached hydrogens (tertiary/aromatic N) is 2. The van der Waals surface area contributed by atoms with Crippen molar-refractivity contribution in [1.82, 2.24) is 20.6 Å². The van der Waals surface area contributed by atoms with Crippen molar-refractivity contribution in [3.05, 3.63) is 58.7 Å². The zero-order chi connectivity index (χ0) is 20.8. The number of aromatic nitrogens is 2. The van der Waals surface area contributed by atoms with Gasteiger partial charge in [-0.3, -0.25) is 14.6 Å². The quantitative estimate of drug-likeness (QED) is 0.681. The third-order valence-corrected chi connectivity index (χ3v) is 5.41. The van der Waals surface area contributed by atoms with Crippen LogP contribution in [0.5, 0.6) is 0 Å². The maximum atomic E-state index is 12.6. The molecule has 29 heavy (non-hydrogen) atoms. The highest BCUT2D eigenvalue weighted by Gasteiger charge is 2.19. The maximum Gasteiger partial charge on any atom is 0.271 e. The van der Waals surface area contributed by atoms with Crippen molar-refractivity contribution >= 4 is 23.4 Å². The van der Waals surface area contributed by atoms with Crippen molar-refractivity contribution in [3.63, 3.8) is 0 Å². The molecular formula is C22H27ClN4O2. The van der Waals surface area contributed by atoms with Crippen LogP contribution in [0.15, 0.2) is 30.5 Å². The first-order valence-electron chi connectivity index (χ1n) is 10.1. The van der Waals surface area contributed by atoms with Crippen LogP contribution in [0, 0.1) is 0 Å². The lowest BCUT2D eigenvalue weighted by molar-refractivity contribution is -0.119. The van der Waals surface area contributed by atoms with Crippen molar-refractivity contribution < 1.29 is 9.59 Å². The van der Waals surface area contributed by atoms with Crippen LogP contribution in [0.2, 0.25) is 0 Å². The Morgan fingerprint density at radius 3 is 2.38 bits per heavy atom. The van der Waals surface area contributed by atoms with Gasteiger partial charge in [0.05, 0.1) is 23.6 Å². The van der Waals surface area contributed by atoms with Crippen molar-refractivity contribution in [3.8, 4) is 0 Å². The van der Waals surface area contributed by atoms with Crippen LogP contribution < -0.4 is 10.6 Å². The maximum absolute atomic E-state index is 12.6. The summed E-state index contributed by atoms with van der Waals surface area (Å²) in [5.41, 5.74) is 4.34. The van der Waals surface area contributed by atoms with Crippen LogP contribution >= 0.6 is 11.6 Å². The molecular weight excluding hydrogens is 388 g/mol. The Morgan fingerprint density at radius 1 is 1.07 bits per heavy atom. The van der Waals surface area contributed by atoms with Gasteiger partial charge < -0.3 is 10.6 Å². The molecule has 0 bridgehead atoms. The number of amides is 2. The largest absolute Gasteiger partial charge is 0.348 e. The lowest BCUT2D eigenvalue weighted by Gasteiger charge is -2.20. The zero-order valence-electron chi connectivity index (χ0n) is 16.9. The van der Waals surface area contributed by atoms with Gasteiger partial charge in [0.2, 0.25) is 5.91 Å². The smallest absolute Gasteiger partial charge is 0.271 e. The van der Waals surface area contributed by atoms with E-state index in [-0.39, 0.29) is 30.3 Å². The first-order valence-corrected chi connectivity index (χ1v) is 10.6. The highest BCUT2D eigenvalue weighted by molar-refractivity contribution is 6.27. The fourth-order valence-electron chi connectivity index (χ4n) is 3.44. The lowest BCUT2D eigenvalue weighted by Crippen LogP contribution is -2.38. The number of aryl methyl sites for hydroxylation is 2. The Balaban J connectivity index is 1.70. The average molecular weight is 415 g/mol. The number of alkyl halides is 1. The molecule has 1 aliphatic carbocycles. The summed E-state index contributed by atoms with van der Waals surface area (Å²) in [5, 5.41) is 5.74. The minimum absolute atomic E-state index is 0.134. The van der Waals surface area contributed by atoms with Crippen LogP contribution in [0.3, 0.4) is 0 Å². The number of carbonyl (C=O) groups is 2. The van der Waals surface area contributed by atoms with Gasteiger partial charge >= 0.3 is 0 Å². The second kappa shape index (κ2) is 9.83. The van der Waals surface area contributed by atoms with Gasteiger partial charge in [-0.1, -0.05) is 38.1 Å². The molecule has 0 aliphatic heterocycles. The molecule has 2 amide bonds. The van der Waals surface area contributed by atoms with Gasteiger partial charge in [-0.2, -0.15) is 0 Å². The minimum Gasteiger partial charge on any atom is -0.348 e. The molecule has 0 radical (unpaired) electrons. The Labute approximate surface area is 176 Å². The van der Waals surface area contributed by atoms with Crippen molar-refractivity contribution in [2.24, 2.45) is 0 Å². The summed E-state index contributed by atoms with van der Waals surface area (Å²) in [5.74, 6) is -0.297. The third-order valence-electron chi connectivity index (χ3n) is 5.17. The van der Waals surface area contributed by atoms with Crippen molar-refractivity contribution in [1.29, 1.82) is 0 Å². The molecule has 1 unspecified atom stereocenters. The number of fused-ring (bicyclic) bond motifs is 1. The van der Waals surface area contributed by atoms with E-state index in [2.05, 4.69) is 34.4 Å². The van der Waals surface area contributed by atoms with Crippen LogP contribution in [0.25, 0.3) is 0 Å². The Bertz CT molecular complexity index is 868. The van der Waals surface area contributed by atoms with Crippen LogP contribution in [-0.2, 0) is 17.6 Å². The third kappa shape index (κ3) is 5.54. The Kier molecular flexibility index (Phi) is 7.20. The molecule has 1 aromatic carbocycles. The standard InChI is InChI=1S/C22H27ClN4O2/c1-14(2)15-7-9-16(10-8-15)19(27-21(28)11-23)12-25-22(29)20-13-24-17-5-3-4-6-18(17)26-20/h7-10,13-14,19H,3-6,11-12H2,1-2H3,(H,25,29)(H,27,28). The molecule has 2 N–H and O–H groups in total. The molecule has 1 heterocycles. The van der Waals surface area contributed by atoms with E-state index in [4.69, 9.17) is 11.6 Å². The van der Waals surface area contributed by atoms with Crippen LogP contribution in [0.4, 0.5) is 0 Å². The number of halogens is 1. The molecule has 154 valence electrons. The van der Waals surface area contributed by atoms with Gasteiger partial charge in [-0.25, -0.2) is 4.98 Å². The van der Waals surface area contributed by atoms with E-state index < -0.39 is 0 Å². The fourth-order valence-corrected chi connectivity index (χ4v) is 3.52. The SMILES string of the molecule is CC(C)c1ccc(C(CNC(=O)c2cnc3c(n2)CCCC3)NC(=O)CCl)cc1. The van der Waals surface area contributed by atoms with Gasteiger partial charge in [-0.05, 0) is 42.7 Å². The Morgan fingerprint density at radius 2 is 1.72 bits per heavy atom. The number of rotatable bonds is 7. The predicted octanol–water partition coefficient (Wildman–Crippen LogP) is 3.30. The molecule has 3 rings (SSSR count). The molecule has 7 heteroatoms. The lowest BCUT2D eigenvalue weighted by atomic mass is 9.99. The molecule has 0 fully saturated rings. The second-order valence-electron chi connectivity index (χ2n) is 7.64. The number of benzene rings is 1. The predicted molar refractivity (Wildman–Crippen MR) is 113 cm³/mol. The van der Waals surface area contributed by atoms with Crippen LogP contribution in [0.1, 0.15) is 71.7 Å². The summed E-state index contributed by atoms with van der Waals surface area (Å²) in [7, 11) is 0. The second-order valence-corrected chi connectivity index (χ2v) is 7.91. The summed E-state index contributed by atoms with van der Waals surface area (Å²) in [6.45, 7) is 4.49. The molecule has 0 saturated carbocycles. The average Bonchev–Trinajstić information content (AvgIpc) is 2.75. The summed E-state index contributed by atoms with van der Waals surface area (Å²) in [6.07, 6.45) is 5.50. The topological polar surface area (TPSA) is 84.0 Å². The minimum atomic E-state index is -0.378. The van der Waals surface area contributed by atoms with Crippen molar-refractivity contribution in [2.75, 3.05) is 12.4 Å². The molecule has 1 atom stereocenters. The number of carbonyl (C=O) groups excluding carboxylic acids is 2. The van der Waals surface area contributed by atoms with Gasteiger partial charge in [0.1, 0.15) is 11.6 Å². The molecule has 6 nitrogen and oxygen atoms in total. The molecule has 1 aromatic heterocycles. The van der Waals surface area contributed by atoms with E-state index in [1.165, 1.54) is 11.8 Å². The van der Waals surface area contributed by atoms with E-state index >= 15 is 0 Å². The first kappa shape index (κ1) is 21.2. The van der Waals surface area contributed by atoms with E-state index in [9.17, 15) is 9.59 Å². The Hall–Kier alpha value is -2.47. The van der Waals surface area contributed by atoms with Crippen LogP contribution in [-0.4, -0.2) is 34.2 Å². The normalized spacial score (nSPS) is 14.2. The molecule has 1 aliphatic rings. The first-order chi connectivity index (χ1) is 14.0. The van der Waals surface area contributed by atoms with Gasteiger partial charge in [0.25, 0.3) is 5.91 Å². The van der Waals surface area contributed by atoms with Gasteiger partial charge in [-0.15, -0.1) is 11.6 Å².